The normalized spacial score (nSPS) is 21.0. The van der Waals surface area contributed by atoms with E-state index in [1.165, 1.54) is 6.42 Å². The van der Waals surface area contributed by atoms with Crippen LogP contribution in [0, 0.1) is 5.92 Å². The lowest BCUT2D eigenvalue weighted by Crippen LogP contribution is -2.41. The molecule has 3 rings (SSSR count). The monoisotopic (exact) mass is 437 g/mol. The van der Waals surface area contributed by atoms with Gasteiger partial charge in [-0.25, -0.2) is 8.42 Å². The summed E-state index contributed by atoms with van der Waals surface area (Å²) in [5.41, 5.74) is 0.964. The van der Waals surface area contributed by atoms with Crippen LogP contribution in [-0.2, 0) is 25.8 Å². The molecule has 0 saturated carbocycles. The molecule has 7 heteroatoms. The van der Waals surface area contributed by atoms with Crippen LogP contribution in [0.15, 0.2) is 24.3 Å². The van der Waals surface area contributed by atoms with E-state index in [1.54, 1.807) is 13.8 Å². The largest absolute Gasteiger partial charge is 0.491 e. The molecule has 2 aliphatic rings. The topological polar surface area (TPSA) is 72.9 Å². The Kier molecular flexibility index (Phi) is 8.17. The molecule has 168 valence electrons. The van der Waals surface area contributed by atoms with Crippen molar-refractivity contribution in [2.24, 2.45) is 5.92 Å². The number of carbonyl (C=O) groups is 1. The Hall–Kier alpha value is -1.60. The van der Waals surface area contributed by atoms with Crippen LogP contribution in [0.2, 0.25) is 0 Å². The number of sulfone groups is 1. The summed E-state index contributed by atoms with van der Waals surface area (Å²) in [5.74, 6) is 1.29. The molecule has 2 fully saturated rings. The van der Waals surface area contributed by atoms with Crippen LogP contribution < -0.4 is 4.74 Å². The van der Waals surface area contributed by atoms with Crippen molar-refractivity contribution in [3.8, 4) is 5.75 Å². The van der Waals surface area contributed by atoms with Gasteiger partial charge in [-0.15, -0.1) is 0 Å². The Labute approximate surface area is 180 Å². The van der Waals surface area contributed by atoms with E-state index in [4.69, 9.17) is 9.47 Å². The molecule has 2 aliphatic heterocycles. The standard InChI is InChI=1S/C23H35NO5S/c1-18(2)30(26,27)17-20-10-12-24(13-11-20)23(25)15-19-6-8-21(9-7-19)29-16-22-5-3-4-14-28-22/h6-9,18,20,22H,3-5,10-17H2,1-2H3. The van der Waals surface area contributed by atoms with Gasteiger partial charge in [-0.3, -0.25) is 4.79 Å². The van der Waals surface area contributed by atoms with Crippen LogP contribution >= 0.6 is 0 Å². The number of carbonyl (C=O) groups excluding carboxylic acids is 1. The Balaban J connectivity index is 1.41. The van der Waals surface area contributed by atoms with Crippen LogP contribution in [0.25, 0.3) is 0 Å². The maximum Gasteiger partial charge on any atom is 0.226 e. The van der Waals surface area contributed by atoms with Crippen LogP contribution in [0.4, 0.5) is 0 Å². The highest BCUT2D eigenvalue weighted by molar-refractivity contribution is 7.91. The fourth-order valence-corrected chi connectivity index (χ4v) is 5.36. The first-order valence-corrected chi connectivity index (χ1v) is 12.9. The molecule has 0 aliphatic carbocycles. The second kappa shape index (κ2) is 10.6. The van der Waals surface area contributed by atoms with E-state index in [0.29, 0.717) is 26.1 Å². The van der Waals surface area contributed by atoms with Crippen molar-refractivity contribution in [3.05, 3.63) is 29.8 Å². The highest BCUT2D eigenvalue weighted by atomic mass is 32.2. The van der Waals surface area contributed by atoms with E-state index < -0.39 is 9.84 Å². The summed E-state index contributed by atoms with van der Waals surface area (Å²) in [7, 11) is -3.02. The summed E-state index contributed by atoms with van der Waals surface area (Å²) < 4.78 is 35.7. The lowest BCUT2D eigenvalue weighted by Gasteiger charge is -2.32. The van der Waals surface area contributed by atoms with Gasteiger partial charge in [0.2, 0.25) is 5.91 Å². The minimum Gasteiger partial charge on any atom is -0.491 e. The number of likely N-dealkylation sites (tertiary alicyclic amines) is 1. The van der Waals surface area contributed by atoms with E-state index >= 15 is 0 Å². The molecule has 0 N–H and O–H groups in total. The second-order valence-electron chi connectivity index (χ2n) is 8.82. The summed E-state index contributed by atoms with van der Waals surface area (Å²) in [6, 6.07) is 7.71. The van der Waals surface area contributed by atoms with Crippen molar-refractivity contribution in [3.63, 3.8) is 0 Å². The second-order valence-corrected chi connectivity index (χ2v) is 11.4. The summed E-state index contributed by atoms with van der Waals surface area (Å²) in [5, 5.41) is -0.334. The number of benzene rings is 1. The predicted molar refractivity (Wildman–Crippen MR) is 117 cm³/mol. The summed E-state index contributed by atoms with van der Waals surface area (Å²) in [4.78, 5) is 14.5. The van der Waals surface area contributed by atoms with Gasteiger partial charge in [0.15, 0.2) is 9.84 Å². The number of rotatable bonds is 8. The zero-order valence-electron chi connectivity index (χ0n) is 18.2. The molecular weight excluding hydrogens is 402 g/mol. The molecule has 0 spiro atoms. The number of hydrogen-bond donors (Lipinski definition) is 0. The van der Waals surface area contributed by atoms with Gasteiger partial charge in [-0.2, -0.15) is 0 Å². The lowest BCUT2D eigenvalue weighted by molar-refractivity contribution is -0.131. The molecule has 1 unspecified atom stereocenters. The average molecular weight is 438 g/mol. The maximum absolute atomic E-state index is 12.6. The Morgan fingerprint density at radius 2 is 1.83 bits per heavy atom. The SMILES string of the molecule is CC(C)S(=O)(=O)CC1CCN(C(=O)Cc2ccc(OCC3CCCCO3)cc2)CC1. The minimum atomic E-state index is -3.02. The highest BCUT2D eigenvalue weighted by Gasteiger charge is 2.28. The molecule has 1 amide bonds. The molecule has 1 atom stereocenters. The van der Waals surface area contributed by atoms with E-state index in [1.807, 2.05) is 29.2 Å². The van der Waals surface area contributed by atoms with Gasteiger partial charge in [-0.05, 0) is 69.6 Å². The van der Waals surface area contributed by atoms with Crippen molar-refractivity contribution in [1.29, 1.82) is 0 Å². The van der Waals surface area contributed by atoms with Crippen molar-refractivity contribution in [1.82, 2.24) is 4.90 Å². The molecule has 1 aromatic rings. The molecule has 1 aromatic carbocycles. The molecule has 2 saturated heterocycles. The number of nitrogens with zero attached hydrogens (tertiary/aromatic N) is 1. The van der Waals surface area contributed by atoms with Crippen LogP contribution in [0.5, 0.6) is 5.75 Å². The minimum absolute atomic E-state index is 0.101. The third-order valence-electron chi connectivity index (χ3n) is 6.14. The lowest BCUT2D eigenvalue weighted by atomic mass is 9.98. The summed E-state index contributed by atoms with van der Waals surface area (Å²) in [6.45, 7) is 6.13. The molecule has 0 radical (unpaired) electrons. The smallest absolute Gasteiger partial charge is 0.226 e. The fourth-order valence-electron chi connectivity index (χ4n) is 3.99. The molecule has 0 aromatic heterocycles. The quantitative estimate of drug-likeness (QED) is 0.624. The number of hydrogen-bond acceptors (Lipinski definition) is 5. The average Bonchev–Trinajstić information content (AvgIpc) is 2.74. The first kappa shape index (κ1) is 23.1. The van der Waals surface area contributed by atoms with Gasteiger partial charge in [0, 0.05) is 19.7 Å². The number of amides is 1. The molecule has 6 nitrogen and oxygen atoms in total. The van der Waals surface area contributed by atoms with Gasteiger partial charge in [0.1, 0.15) is 12.4 Å². The zero-order chi connectivity index (χ0) is 21.6. The van der Waals surface area contributed by atoms with Crippen LogP contribution in [0.1, 0.15) is 51.5 Å². The first-order chi connectivity index (χ1) is 14.3. The molecule has 2 heterocycles. The van der Waals surface area contributed by atoms with Crippen LogP contribution in [0.3, 0.4) is 0 Å². The number of ether oxygens (including phenoxy) is 2. The van der Waals surface area contributed by atoms with Gasteiger partial charge in [-0.1, -0.05) is 12.1 Å². The van der Waals surface area contributed by atoms with Crippen molar-refractivity contribution >= 4 is 15.7 Å². The third kappa shape index (κ3) is 6.71. The van der Waals surface area contributed by atoms with E-state index in [9.17, 15) is 13.2 Å². The van der Waals surface area contributed by atoms with E-state index in [2.05, 4.69) is 0 Å². The van der Waals surface area contributed by atoms with E-state index in [0.717, 1.165) is 43.6 Å². The third-order valence-corrected chi connectivity index (χ3v) is 8.51. The Bertz CT molecular complexity index is 776. The van der Waals surface area contributed by atoms with E-state index in [-0.39, 0.29) is 28.9 Å². The number of piperidine rings is 1. The van der Waals surface area contributed by atoms with Crippen molar-refractivity contribution in [2.45, 2.75) is 63.7 Å². The van der Waals surface area contributed by atoms with Gasteiger partial charge in [0.25, 0.3) is 0 Å². The van der Waals surface area contributed by atoms with Gasteiger partial charge >= 0.3 is 0 Å². The summed E-state index contributed by atoms with van der Waals surface area (Å²) >= 11 is 0. The Morgan fingerprint density at radius 1 is 1.13 bits per heavy atom. The van der Waals surface area contributed by atoms with Gasteiger partial charge < -0.3 is 14.4 Å². The zero-order valence-corrected chi connectivity index (χ0v) is 19.0. The molecule has 30 heavy (non-hydrogen) atoms. The summed E-state index contributed by atoms with van der Waals surface area (Å²) in [6.07, 6.45) is 5.43. The van der Waals surface area contributed by atoms with Gasteiger partial charge in [0.05, 0.1) is 23.5 Å². The first-order valence-electron chi connectivity index (χ1n) is 11.2. The highest BCUT2D eigenvalue weighted by Crippen LogP contribution is 2.22. The Morgan fingerprint density at radius 3 is 2.43 bits per heavy atom. The van der Waals surface area contributed by atoms with Crippen LogP contribution in [-0.4, -0.2) is 62.6 Å². The maximum atomic E-state index is 12.6. The fraction of sp³-hybridized carbons (Fsp3) is 0.696. The molecular formula is C23H35NO5S. The molecule has 0 bridgehead atoms. The predicted octanol–water partition coefficient (Wildman–Crippen LogP) is 3.24. The van der Waals surface area contributed by atoms with Crippen molar-refractivity contribution < 1.29 is 22.7 Å². The van der Waals surface area contributed by atoms with Crippen molar-refractivity contribution in [2.75, 3.05) is 32.1 Å².